The summed E-state index contributed by atoms with van der Waals surface area (Å²) in [4.78, 5) is 16.3. The quantitative estimate of drug-likeness (QED) is 0.734. The number of aryl methyl sites for hydroxylation is 1. The van der Waals surface area contributed by atoms with Crippen molar-refractivity contribution in [2.45, 2.75) is 6.92 Å². The summed E-state index contributed by atoms with van der Waals surface area (Å²) in [7, 11) is 0. The maximum atomic E-state index is 13.3. The fourth-order valence-corrected chi connectivity index (χ4v) is 1.95. The van der Waals surface area contributed by atoms with Crippen molar-refractivity contribution in [2.75, 3.05) is 5.32 Å². The molecule has 0 fully saturated rings. The maximum Gasteiger partial charge on any atom is 0.226 e. The molecule has 3 rings (SSSR count). The van der Waals surface area contributed by atoms with Crippen molar-refractivity contribution in [3.63, 3.8) is 0 Å². The highest BCUT2D eigenvalue weighted by atomic mass is 35.5. The summed E-state index contributed by atoms with van der Waals surface area (Å²) in [6, 6.07) is 4.67. The first-order valence-corrected chi connectivity index (χ1v) is 6.19. The predicted octanol–water partition coefficient (Wildman–Crippen LogP) is 3.26. The first-order chi connectivity index (χ1) is 9.63. The minimum absolute atomic E-state index is 0.0688. The van der Waals surface area contributed by atoms with Crippen LogP contribution in [0.25, 0.3) is 11.2 Å². The first kappa shape index (κ1) is 12.7. The molecule has 2 aromatic heterocycles. The van der Waals surface area contributed by atoms with Crippen molar-refractivity contribution in [2.24, 2.45) is 0 Å². The van der Waals surface area contributed by atoms with Crippen LogP contribution in [0.5, 0.6) is 0 Å². The fourth-order valence-electron chi connectivity index (χ4n) is 1.78. The topological polar surface area (TPSA) is 63.6 Å². The van der Waals surface area contributed by atoms with Gasteiger partial charge in [-0.1, -0.05) is 0 Å². The molecule has 0 saturated carbocycles. The van der Waals surface area contributed by atoms with Crippen LogP contribution < -0.4 is 5.32 Å². The lowest BCUT2D eigenvalue weighted by atomic mass is 10.2. The van der Waals surface area contributed by atoms with E-state index in [0.717, 1.165) is 0 Å². The molecule has 2 heterocycles. The van der Waals surface area contributed by atoms with Crippen LogP contribution in [0.2, 0.25) is 5.28 Å². The third-order valence-electron chi connectivity index (χ3n) is 2.73. The molecule has 0 saturated heterocycles. The Morgan fingerprint density at radius 3 is 2.75 bits per heavy atom. The molecule has 0 bridgehead atoms. The number of hydrogen-bond donors (Lipinski definition) is 1. The number of halogens is 2. The van der Waals surface area contributed by atoms with E-state index < -0.39 is 0 Å². The second-order valence-electron chi connectivity index (χ2n) is 4.16. The summed E-state index contributed by atoms with van der Waals surface area (Å²) in [6.07, 6.45) is 3.07. The molecule has 3 aromatic rings. The highest BCUT2D eigenvalue weighted by molar-refractivity contribution is 6.28. The molecule has 20 heavy (non-hydrogen) atoms. The fraction of sp³-hybridized carbons (Fsp3) is 0.0769. The summed E-state index contributed by atoms with van der Waals surface area (Å²) in [5.74, 6) is 0.167. The summed E-state index contributed by atoms with van der Waals surface area (Å²) >= 11 is 5.86. The van der Waals surface area contributed by atoms with Crippen LogP contribution in [0.3, 0.4) is 0 Å². The summed E-state index contributed by atoms with van der Waals surface area (Å²) < 4.78 is 13.3. The summed E-state index contributed by atoms with van der Waals surface area (Å²) in [6.45, 7) is 1.69. The second-order valence-corrected chi connectivity index (χ2v) is 4.50. The van der Waals surface area contributed by atoms with Gasteiger partial charge in [-0.15, -0.1) is 0 Å². The van der Waals surface area contributed by atoms with Gasteiger partial charge in [-0.05, 0) is 42.3 Å². The lowest BCUT2D eigenvalue weighted by molar-refractivity contribution is 0.619. The van der Waals surface area contributed by atoms with Crippen molar-refractivity contribution < 1.29 is 4.39 Å². The second kappa shape index (κ2) is 4.97. The third kappa shape index (κ3) is 2.37. The van der Waals surface area contributed by atoms with Gasteiger partial charge in [-0.3, -0.25) is 0 Å². The number of nitrogens with zero attached hydrogens (tertiary/aromatic N) is 4. The van der Waals surface area contributed by atoms with Crippen LogP contribution in [0.15, 0.2) is 30.6 Å². The van der Waals surface area contributed by atoms with Crippen molar-refractivity contribution >= 4 is 34.3 Å². The Bertz CT molecular complexity index is 793. The summed E-state index contributed by atoms with van der Waals surface area (Å²) in [5.41, 5.74) is 2.11. The van der Waals surface area contributed by atoms with E-state index >= 15 is 0 Å². The average Bonchev–Trinajstić information content (AvgIpc) is 2.43. The van der Waals surface area contributed by atoms with E-state index in [1.54, 1.807) is 25.3 Å². The minimum atomic E-state index is -0.263. The molecule has 0 radical (unpaired) electrons. The van der Waals surface area contributed by atoms with E-state index in [4.69, 9.17) is 11.6 Å². The predicted molar refractivity (Wildman–Crippen MR) is 74.6 cm³/mol. The van der Waals surface area contributed by atoms with E-state index in [0.29, 0.717) is 28.2 Å². The van der Waals surface area contributed by atoms with Gasteiger partial charge in [0.25, 0.3) is 0 Å². The van der Waals surface area contributed by atoms with E-state index in [9.17, 15) is 4.39 Å². The SMILES string of the molecule is Cc1cc(Nc2nc(Cl)nc3nccnc23)ccc1F. The lowest BCUT2D eigenvalue weighted by Crippen LogP contribution is -2.00. The average molecular weight is 290 g/mol. The first-order valence-electron chi connectivity index (χ1n) is 5.81. The van der Waals surface area contributed by atoms with Gasteiger partial charge in [0.1, 0.15) is 5.82 Å². The van der Waals surface area contributed by atoms with E-state index in [1.807, 2.05) is 0 Å². The van der Waals surface area contributed by atoms with Gasteiger partial charge in [0.15, 0.2) is 17.0 Å². The molecule has 0 aliphatic heterocycles. The number of rotatable bonds is 2. The highest BCUT2D eigenvalue weighted by Gasteiger charge is 2.09. The zero-order valence-corrected chi connectivity index (χ0v) is 11.2. The lowest BCUT2D eigenvalue weighted by Gasteiger charge is -2.08. The van der Waals surface area contributed by atoms with E-state index in [2.05, 4.69) is 25.3 Å². The van der Waals surface area contributed by atoms with Gasteiger partial charge in [-0.2, -0.15) is 9.97 Å². The Labute approximate surface area is 118 Å². The van der Waals surface area contributed by atoms with Gasteiger partial charge in [0.2, 0.25) is 5.28 Å². The van der Waals surface area contributed by atoms with Gasteiger partial charge in [-0.25, -0.2) is 14.4 Å². The van der Waals surface area contributed by atoms with Crippen LogP contribution in [0.4, 0.5) is 15.9 Å². The molecule has 7 heteroatoms. The minimum Gasteiger partial charge on any atom is -0.338 e. The zero-order chi connectivity index (χ0) is 14.1. The third-order valence-corrected chi connectivity index (χ3v) is 2.90. The smallest absolute Gasteiger partial charge is 0.226 e. The van der Waals surface area contributed by atoms with Crippen LogP contribution in [-0.2, 0) is 0 Å². The van der Waals surface area contributed by atoms with Gasteiger partial charge >= 0.3 is 0 Å². The zero-order valence-electron chi connectivity index (χ0n) is 10.4. The van der Waals surface area contributed by atoms with E-state index in [1.165, 1.54) is 12.3 Å². The van der Waals surface area contributed by atoms with Crippen molar-refractivity contribution in [3.8, 4) is 0 Å². The molecule has 100 valence electrons. The van der Waals surface area contributed by atoms with Gasteiger partial charge < -0.3 is 5.32 Å². The van der Waals surface area contributed by atoms with Crippen molar-refractivity contribution in [1.82, 2.24) is 19.9 Å². The number of anilines is 2. The largest absolute Gasteiger partial charge is 0.338 e. The Balaban J connectivity index is 2.07. The standard InChI is InChI=1S/C13H9ClFN5/c1-7-6-8(2-3-9(7)15)18-12-10-11(17-5-4-16-10)19-13(14)20-12/h2-6H,1H3,(H,17,18,19,20). The molecule has 1 N–H and O–H groups in total. The van der Waals surface area contributed by atoms with Crippen LogP contribution in [-0.4, -0.2) is 19.9 Å². The van der Waals surface area contributed by atoms with Gasteiger partial charge in [0, 0.05) is 18.1 Å². The Morgan fingerprint density at radius 2 is 1.95 bits per heavy atom. The molecule has 0 amide bonds. The molecule has 0 aliphatic rings. The Morgan fingerprint density at radius 1 is 1.15 bits per heavy atom. The molecule has 5 nitrogen and oxygen atoms in total. The maximum absolute atomic E-state index is 13.3. The molecule has 0 aliphatic carbocycles. The molecule has 0 unspecified atom stereocenters. The number of fused-ring (bicyclic) bond motifs is 1. The number of aromatic nitrogens is 4. The normalized spacial score (nSPS) is 10.8. The Kier molecular flexibility index (Phi) is 3.15. The van der Waals surface area contributed by atoms with E-state index in [-0.39, 0.29) is 11.1 Å². The Hall–Kier alpha value is -2.34. The number of nitrogens with one attached hydrogen (secondary N) is 1. The van der Waals surface area contributed by atoms with Crippen molar-refractivity contribution in [3.05, 3.63) is 47.3 Å². The summed E-state index contributed by atoms with van der Waals surface area (Å²) in [5, 5.41) is 3.12. The molecular weight excluding hydrogens is 281 g/mol. The number of benzene rings is 1. The molecule has 0 atom stereocenters. The van der Waals surface area contributed by atoms with Crippen molar-refractivity contribution in [1.29, 1.82) is 0 Å². The highest BCUT2D eigenvalue weighted by Crippen LogP contribution is 2.23. The van der Waals surface area contributed by atoms with Crippen LogP contribution in [0.1, 0.15) is 5.56 Å². The number of hydrogen-bond acceptors (Lipinski definition) is 5. The molecule has 0 spiro atoms. The molecule has 1 aromatic carbocycles. The van der Waals surface area contributed by atoms with Crippen LogP contribution in [0, 0.1) is 12.7 Å². The monoisotopic (exact) mass is 289 g/mol. The van der Waals surface area contributed by atoms with Gasteiger partial charge in [0.05, 0.1) is 0 Å². The molecular formula is C13H9ClFN5. The van der Waals surface area contributed by atoms with Crippen LogP contribution >= 0.6 is 11.6 Å².